The second-order valence-electron chi connectivity index (χ2n) is 6.84. The van der Waals surface area contributed by atoms with E-state index in [4.69, 9.17) is 5.73 Å². The van der Waals surface area contributed by atoms with Gasteiger partial charge in [0.25, 0.3) is 5.56 Å². The van der Waals surface area contributed by atoms with Crippen LogP contribution < -0.4 is 17.0 Å². The van der Waals surface area contributed by atoms with Crippen LogP contribution in [0.4, 0.5) is 0 Å². The normalized spacial score (nSPS) is 10.7. The van der Waals surface area contributed by atoms with E-state index in [1.807, 2.05) is 49.4 Å². The molecule has 0 radical (unpaired) electrons. The third kappa shape index (κ3) is 4.20. The van der Waals surface area contributed by atoms with Crippen LogP contribution >= 0.6 is 0 Å². The first kappa shape index (κ1) is 20.3. The molecule has 1 heterocycles. The van der Waals surface area contributed by atoms with E-state index in [1.54, 1.807) is 10.6 Å². The highest BCUT2D eigenvalue weighted by molar-refractivity contribution is 5.70. The van der Waals surface area contributed by atoms with Crippen LogP contribution in [-0.4, -0.2) is 15.7 Å². The van der Waals surface area contributed by atoms with Crippen LogP contribution in [0, 0.1) is 11.3 Å². The van der Waals surface area contributed by atoms with E-state index in [0.29, 0.717) is 17.7 Å². The molecular weight excluding hydrogens is 364 g/mol. The molecule has 0 saturated heterocycles. The predicted molar refractivity (Wildman–Crippen MR) is 114 cm³/mol. The third-order valence-corrected chi connectivity index (χ3v) is 4.92. The van der Waals surface area contributed by atoms with E-state index in [1.165, 1.54) is 6.07 Å². The van der Waals surface area contributed by atoms with Crippen LogP contribution in [0.2, 0.25) is 0 Å². The van der Waals surface area contributed by atoms with Gasteiger partial charge < -0.3 is 5.73 Å². The van der Waals surface area contributed by atoms with Gasteiger partial charge in [-0.2, -0.15) is 5.26 Å². The third-order valence-electron chi connectivity index (χ3n) is 4.92. The van der Waals surface area contributed by atoms with Crippen molar-refractivity contribution >= 4 is 0 Å². The molecule has 3 rings (SSSR count). The molecule has 0 unspecified atom stereocenters. The van der Waals surface area contributed by atoms with Gasteiger partial charge in [-0.3, -0.25) is 13.9 Å². The van der Waals surface area contributed by atoms with Crippen LogP contribution in [0.25, 0.3) is 11.1 Å². The summed E-state index contributed by atoms with van der Waals surface area (Å²) in [5.74, 6) is 0. The largest absolute Gasteiger partial charge is 0.331 e. The maximum Gasteiger partial charge on any atom is 0.331 e. The second-order valence-corrected chi connectivity index (χ2v) is 6.84. The molecule has 0 aliphatic rings. The molecule has 0 aliphatic heterocycles. The van der Waals surface area contributed by atoms with E-state index in [-0.39, 0.29) is 25.2 Å². The van der Waals surface area contributed by atoms with Gasteiger partial charge in [0, 0.05) is 24.8 Å². The summed E-state index contributed by atoms with van der Waals surface area (Å²) in [4.78, 5) is 25.5. The van der Waals surface area contributed by atoms with Gasteiger partial charge in [0.1, 0.15) is 0 Å². The topological polar surface area (TPSA) is 93.8 Å². The lowest BCUT2D eigenvalue weighted by atomic mass is 9.95. The van der Waals surface area contributed by atoms with Gasteiger partial charge >= 0.3 is 5.69 Å². The minimum Gasteiger partial charge on any atom is -0.329 e. The average Bonchev–Trinajstić information content (AvgIpc) is 2.74. The van der Waals surface area contributed by atoms with Crippen LogP contribution in [0.1, 0.15) is 30.2 Å². The number of aryl methyl sites for hydroxylation is 1. The Morgan fingerprint density at radius 3 is 2.45 bits per heavy atom. The zero-order valence-electron chi connectivity index (χ0n) is 16.5. The minimum atomic E-state index is -0.391. The highest BCUT2D eigenvalue weighted by Crippen LogP contribution is 2.27. The Morgan fingerprint density at radius 2 is 1.79 bits per heavy atom. The SMILES string of the molecule is CCCc1cc(=O)n(CCN)c(=O)n1Cc1c(C#N)cccc1-c1ccccc1. The van der Waals surface area contributed by atoms with Crippen molar-refractivity contribution in [1.29, 1.82) is 5.26 Å². The average molecular weight is 388 g/mol. The Kier molecular flexibility index (Phi) is 6.43. The molecular formula is C23H24N4O2. The van der Waals surface area contributed by atoms with Gasteiger partial charge in [-0.1, -0.05) is 55.8 Å². The fourth-order valence-corrected chi connectivity index (χ4v) is 3.54. The standard InChI is InChI=1S/C23H24N4O2/c1-2-7-19-14-22(28)26(13-12-24)23(29)27(19)16-21-18(15-25)10-6-11-20(21)17-8-4-3-5-9-17/h3-6,8-11,14H,2,7,12-13,16,24H2,1H3. The molecule has 2 aromatic carbocycles. The fourth-order valence-electron chi connectivity index (χ4n) is 3.54. The van der Waals surface area contributed by atoms with Gasteiger partial charge in [-0.25, -0.2) is 4.79 Å². The van der Waals surface area contributed by atoms with Gasteiger partial charge in [0.05, 0.1) is 18.2 Å². The summed E-state index contributed by atoms with van der Waals surface area (Å²) in [6.45, 7) is 2.58. The number of nitrogens with two attached hydrogens (primary N) is 1. The number of aromatic nitrogens is 2. The monoisotopic (exact) mass is 388 g/mol. The summed E-state index contributed by atoms with van der Waals surface area (Å²) >= 11 is 0. The quantitative estimate of drug-likeness (QED) is 0.673. The number of nitrogens with zero attached hydrogens (tertiary/aromatic N) is 3. The lowest BCUT2D eigenvalue weighted by molar-refractivity contribution is 0.557. The first-order valence-electron chi connectivity index (χ1n) is 9.71. The van der Waals surface area contributed by atoms with Crippen molar-refractivity contribution < 1.29 is 0 Å². The summed E-state index contributed by atoms with van der Waals surface area (Å²) in [5, 5.41) is 9.68. The zero-order valence-corrected chi connectivity index (χ0v) is 16.5. The van der Waals surface area contributed by atoms with Gasteiger partial charge in [-0.15, -0.1) is 0 Å². The molecule has 0 fully saturated rings. The van der Waals surface area contributed by atoms with E-state index in [0.717, 1.165) is 27.7 Å². The Labute approximate surface area is 169 Å². The molecule has 0 bridgehead atoms. The number of benzene rings is 2. The molecule has 3 aromatic rings. The van der Waals surface area contributed by atoms with Crippen molar-refractivity contribution in [3.63, 3.8) is 0 Å². The number of rotatable bonds is 7. The summed E-state index contributed by atoms with van der Waals surface area (Å²) in [5.41, 5.74) is 8.68. The lowest BCUT2D eigenvalue weighted by Gasteiger charge is -2.18. The highest BCUT2D eigenvalue weighted by Gasteiger charge is 2.16. The molecule has 6 heteroatoms. The number of hydrogen-bond donors (Lipinski definition) is 1. The van der Waals surface area contributed by atoms with Crippen LogP contribution in [0.5, 0.6) is 0 Å². The molecule has 2 N–H and O–H groups in total. The summed E-state index contributed by atoms with van der Waals surface area (Å²) in [6, 6.07) is 19.1. The molecule has 148 valence electrons. The molecule has 0 atom stereocenters. The van der Waals surface area contributed by atoms with Gasteiger partial charge in [0.15, 0.2) is 0 Å². The van der Waals surface area contributed by atoms with Crippen molar-refractivity contribution in [3.05, 3.63) is 92.3 Å². The van der Waals surface area contributed by atoms with Gasteiger partial charge in [0.2, 0.25) is 0 Å². The van der Waals surface area contributed by atoms with Crippen molar-refractivity contribution in [2.45, 2.75) is 32.9 Å². The van der Waals surface area contributed by atoms with E-state index >= 15 is 0 Å². The zero-order chi connectivity index (χ0) is 20.8. The molecule has 0 aliphatic carbocycles. The summed E-state index contributed by atoms with van der Waals surface area (Å²) < 4.78 is 2.76. The molecule has 0 saturated carbocycles. The molecule has 6 nitrogen and oxygen atoms in total. The number of hydrogen-bond acceptors (Lipinski definition) is 4. The second kappa shape index (κ2) is 9.18. The van der Waals surface area contributed by atoms with Crippen LogP contribution in [0.3, 0.4) is 0 Å². The van der Waals surface area contributed by atoms with Crippen LogP contribution in [0.15, 0.2) is 64.2 Å². The van der Waals surface area contributed by atoms with Gasteiger partial charge in [-0.05, 0) is 29.2 Å². The number of nitriles is 1. The maximum atomic E-state index is 13.1. The predicted octanol–water partition coefficient (Wildman–Crippen LogP) is 2.51. The minimum absolute atomic E-state index is 0.162. The highest BCUT2D eigenvalue weighted by atomic mass is 16.2. The fraction of sp³-hybridized carbons (Fsp3) is 0.261. The first-order valence-corrected chi connectivity index (χ1v) is 9.71. The Bertz CT molecular complexity index is 1150. The van der Waals surface area contributed by atoms with Crippen molar-refractivity contribution in [3.8, 4) is 17.2 Å². The van der Waals surface area contributed by atoms with Crippen LogP contribution in [-0.2, 0) is 19.5 Å². The lowest BCUT2D eigenvalue weighted by Crippen LogP contribution is -2.42. The summed E-state index contributed by atoms with van der Waals surface area (Å²) in [6.07, 6.45) is 1.40. The summed E-state index contributed by atoms with van der Waals surface area (Å²) in [7, 11) is 0. The molecule has 29 heavy (non-hydrogen) atoms. The smallest absolute Gasteiger partial charge is 0.329 e. The molecule has 0 amide bonds. The Hall–Kier alpha value is -3.43. The maximum absolute atomic E-state index is 13.1. The van der Waals surface area contributed by atoms with E-state index in [9.17, 15) is 14.9 Å². The Balaban J connectivity index is 2.23. The Morgan fingerprint density at radius 1 is 1.03 bits per heavy atom. The van der Waals surface area contributed by atoms with Crippen molar-refractivity contribution in [2.75, 3.05) is 6.54 Å². The molecule has 0 spiro atoms. The van der Waals surface area contributed by atoms with E-state index in [2.05, 4.69) is 6.07 Å². The van der Waals surface area contributed by atoms with E-state index < -0.39 is 5.69 Å². The molecule has 1 aromatic heterocycles. The first-order chi connectivity index (χ1) is 14.1. The van der Waals surface area contributed by atoms with Crippen molar-refractivity contribution in [1.82, 2.24) is 9.13 Å². The van der Waals surface area contributed by atoms with Crippen molar-refractivity contribution in [2.24, 2.45) is 5.73 Å².